The summed E-state index contributed by atoms with van der Waals surface area (Å²) in [7, 11) is 1.54. The Morgan fingerprint density at radius 2 is 1.95 bits per heavy atom. The Morgan fingerprint density at radius 1 is 1.26 bits per heavy atom. The van der Waals surface area contributed by atoms with Crippen LogP contribution in [0.15, 0.2) is 24.3 Å². The molecule has 0 heterocycles. The van der Waals surface area contributed by atoms with Crippen molar-refractivity contribution in [2.24, 2.45) is 0 Å². The first-order chi connectivity index (χ1) is 9.11. The molecule has 0 spiro atoms. The van der Waals surface area contributed by atoms with Gasteiger partial charge < -0.3 is 20.5 Å². The summed E-state index contributed by atoms with van der Waals surface area (Å²) in [6, 6.07) is 6.91. The minimum atomic E-state index is -0.452. The van der Waals surface area contributed by atoms with E-state index in [2.05, 4.69) is 5.32 Å². The standard InChI is InChI=1S/C13H18N2O4/c1-18-7-6-15-12(16)9-19-13(17)8-10-2-4-11(14)5-3-10/h2-5H,6-9,14H2,1H3,(H,15,16). The van der Waals surface area contributed by atoms with E-state index in [-0.39, 0.29) is 18.9 Å². The van der Waals surface area contributed by atoms with Crippen molar-refractivity contribution in [1.29, 1.82) is 0 Å². The van der Waals surface area contributed by atoms with Gasteiger partial charge in [0.05, 0.1) is 13.0 Å². The maximum absolute atomic E-state index is 11.5. The van der Waals surface area contributed by atoms with Crippen LogP contribution < -0.4 is 11.1 Å². The number of esters is 1. The summed E-state index contributed by atoms with van der Waals surface area (Å²) in [6.45, 7) is 0.535. The maximum Gasteiger partial charge on any atom is 0.310 e. The van der Waals surface area contributed by atoms with Crippen LogP contribution in [0.3, 0.4) is 0 Å². The molecule has 0 radical (unpaired) electrons. The molecule has 6 nitrogen and oxygen atoms in total. The number of carbonyl (C=O) groups is 2. The SMILES string of the molecule is COCCNC(=O)COC(=O)Cc1ccc(N)cc1. The smallest absolute Gasteiger partial charge is 0.310 e. The molecule has 0 aromatic heterocycles. The second-order valence-electron chi connectivity index (χ2n) is 3.92. The minimum Gasteiger partial charge on any atom is -0.455 e. The first-order valence-electron chi connectivity index (χ1n) is 5.87. The summed E-state index contributed by atoms with van der Waals surface area (Å²) >= 11 is 0. The van der Waals surface area contributed by atoms with E-state index in [0.29, 0.717) is 18.8 Å². The average molecular weight is 266 g/mol. The second-order valence-corrected chi connectivity index (χ2v) is 3.92. The lowest BCUT2D eigenvalue weighted by Gasteiger charge is -2.06. The van der Waals surface area contributed by atoms with Crippen molar-refractivity contribution in [3.8, 4) is 0 Å². The average Bonchev–Trinajstić information content (AvgIpc) is 2.39. The minimum absolute atomic E-state index is 0.117. The first kappa shape index (κ1) is 15.0. The van der Waals surface area contributed by atoms with Crippen LogP contribution in [0.1, 0.15) is 5.56 Å². The molecular formula is C13H18N2O4. The molecule has 0 fully saturated rings. The van der Waals surface area contributed by atoms with Gasteiger partial charge in [-0.05, 0) is 17.7 Å². The topological polar surface area (TPSA) is 90.6 Å². The highest BCUT2D eigenvalue weighted by Gasteiger charge is 2.08. The van der Waals surface area contributed by atoms with Gasteiger partial charge >= 0.3 is 5.97 Å². The Hall–Kier alpha value is -2.08. The van der Waals surface area contributed by atoms with E-state index in [1.54, 1.807) is 31.4 Å². The van der Waals surface area contributed by atoms with Crippen molar-refractivity contribution < 1.29 is 19.1 Å². The van der Waals surface area contributed by atoms with Gasteiger partial charge in [0, 0.05) is 19.3 Å². The third-order valence-electron chi connectivity index (χ3n) is 2.32. The molecule has 6 heteroatoms. The molecule has 104 valence electrons. The molecule has 1 rings (SSSR count). The summed E-state index contributed by atoms with van der Waals surface area (Å²) < 4.78 is 9.62. The van der Waals surface area contributed by atoms with E-state index in [9.17, 15) is 9.59 Å². The highest BCUT2D eigenvalue weighted by Crippen LogP contribution is 2.06. The lowest BCUT2D eigenvalue weighted by molar-refractivity contribution is -0.147. The highest BCUT2D eigenvalue weighted by atomic mass is 16.5. The number of nitrogens with two attached hydrogens (primary N) is 1. The number of anilines is 1. The van der Waals surface area contributed by atoms with Crippen molar-refractivity contribution in [2.45, 2.75) is 6.42 Å². The fourth-order valence-electron chi connectivity index (χ4n) is 1.34. The maximum atomic E-state index is 11.5. The summed E-state index contributed by atoms with van der Waals surface area (Å²) in [4.78, 5) is 22.7. The number of nitrogen functional groups attached to an aromatic ring is 1. The van der Waals surface area contributed by atoms with Crippen LogP contribution in [-0.4, -0.2) is 38.7 Å². The quantitative estimate of drug-likeness (QED) is 0.415. The van der Waals surface area contributed by atoms with Crippen LogP contribution in [0.4, 0.5) is 5.69 Å². The predicted octanol–water partition coefficient (Wildman–Crippen LogP) is 0.117. The number of amides is 1. The van der Waals surface area contributed by atoms with Crippen molar-refractivity contribution in [3.63, 3.8) is 0 Å². The first-order valence-corrected chi connectivity index (χ1v) is 5.87. The fraction of sp³-hybridized carbons (Fsp3) is 0.385. The van der Waals surface area contributed by atoms with Gasteiger partial charge in [-0.2, -0.15) is 0 Å². The number of hydrogen-bond donors (Lipinski definition) is 2. The number of rotatable bonds is 7. The molecule has 0 aliphatic carbocycles. The predicted molar refractivity (Wildman–Crippen MR) is 70.4 cm³/mol. The van der Waals surface area contributed by atoms with Crippen LogP contribution in [0, 0.1) is 0 Å². The molecule has 0 bridgehead atoms. The Bertz CT molecular complexity index is 417. The summed E-state index contributed by atoms with van der Waals surface area (Å²) in [6.07, 6.45) is 0.117. The largest absolute Gasteiger partial charge is 0.455 e. The van der Waals surface area contributed by atoms with Gasteiger partial charge in [0.15, 0.2) is 6.61 Å². The summed E-state index contributed by atoms with van der Waals surface area (Å²) in [5.41, 5.74) is 6.96. The molecule has 0 atom stereocenters. The van der Waals surface area contributed by atoms with Crippen molar-refractivity contribution in [2.75, 3.05) is 32.6 Å². The normalized spacial score (nSPS) is 9.95. The van der Waals surface area contributed by atoms with Gasteiger partial charge in [-0.3, -0.25) is 9.59 Å². The molecule has 1 amide bonds. The lowest BCUT2D eigenvalue weighted by Crippen LogP contribution is -2.31. The third kappa shape index (κ3) is 6.42. The van der Waals surface area contributed by atoms with E-state index >= 15 is 0 Å². The molecule has 0 aliphatic heterocycles. The third-order valence-corrected chi connectivity index (χ3v) is 2.32. The fourth-order valence-corrected chi connectivity index (χ4v) is 1.34. The van der Waals surface area contributed by atoms with E-state index in [0.717, 1.165) is 5.56 Å². The van der Waals surface area contributed by atoms with Gasteiger partial charge in [-0.25, -0.2) is 0 Å². The molecule has 0 aliphatic rings. The number of nitrogens with one attached hydrogen (secondary N) is 1. The summed E-state index contributed by atoms with van der Waals surface area (Å²) in [5, 5.41) is 2.55. The van der Waals surface area contributed by atoms with Crippen LogP contribution in [0.5, 0.6) is 0 Å². The number of ether oxygens (including phenoxy) is 2. The van der Waals surface area contributed by atoms with E-state index in [1.165, 1.54) is 0 Å². The monoisotopic (exact) mass is 266 g/mol. The molecular weight excluding hydrogens is 248 g/mol. The van der Waals surface area contributed by atoms with Gasteiger partial charge in [-0.15, -0.1) is 0 Å². The number of benzene rings is 1. The van der Waals surface area contributed by atoms with Gasteiger partial charge in [0.1, 0.15) is 0 Å². The molecule has 1 aromatic carbocycles. The van der Waals surface area contributed by atoms with Crippen LogP contribution in [0.25, 0.3) is 0 Å². The number of carbonyl (C=O) groups excluding carboxylic acids is 2. The Kier molecular flexibility index (Phi) is 6.38. The number of hydrogen-bond acceptors (Lipinski definition) is 5. The Morgan fingerprint density at radius 3 is 2.58 bits per heavy atom. The molecule has 1 aromatic rings. The summed E-state index contributed by atoms with van der Waals surface area (Å²) in [5.74, 6) is -0.797. The van der Waals surface area contributed by atoms with Crippen LogP contribution >= 0.6 is 0 Å². The van der Waals surface area contributed by atoms with Gasteiger partial charge in [0.2, 0.25) is 0 Å². The highest BCUT2D eigenvalue weighted by molar-refractivity contribution is 5.81. The van der Waals surface area contributed by atoms with Crippen molar-refractivity contribution in [1.82, 2.24) is 5.32 Å². The zero-order chi connectivity index (χ0) is 14.1. The van der Waals surface area contributed by atoms with Gasteiger partial charge in [-0.1, -0.05) is 12.1 Å². The zero-order valence-corrected chi connectivity index (χ0v) is 10.8. The molecule has 19 heavy (non-hydrogen) atoms. The number of methoxy groups -OCH3 is 1. The van der Waals surface area contributed by atoms with Crippen molar-refractivity contribution in [3.05, 3.63) is 29.8 Å². The lowest BCUT2D eigenvalue weighted by atomic mass is 10.1. The zero-order valence-electron chi connectivity index (χ0n) is 10.8. The van der Waals surface area contributed by atoms with E-state index in [1.807, 2.05) is 0 Å². The van der Waals surface area contributed by atoms with Crippen molar-refractivity contribution >= 4 is 17.6 Å². The van der Waals surface area contributed by atoms with Gasteiger partial charge in [0.25, 0.3) is 5.91 Å². The molecule has 0 saturated heterocycles. The van der Waals surface area contributed by atoms with E-state index < -0.39 is 5.97 Å². The molecule has 3 N–H and O–H groups in total. The van der Waals surface area contributed by atoms with Crippen LogP contribution in [0.2, 0.25) is 0 Å². The Balaban J connectivity index is 2.24. The van der Waals surface area contributed by atoms with E-state index in [4.69, 9.17) is 15.2 Å². The second kappa shape index (κ2) is 8.10. The Labute approximate surface area is 111 Å². The molecule has 0 saturated carbocycles. The van der Waals surface area contributed by atoms with Crippen LogP contribution in [-0.2, 0) is 25.5 Å². The molecule has 0 unspecified atom stereocenters.